The van der Waals surface area contributed by atoms with Crippen LogP contribution in [0.15, 0.2) is 42.6 Å². The van der Waals surface area contributed by atoms with Crippen molar-refractivity contribution in [1.82, 2.24) is 4.98 Å². The highest BCUT2D eigenvalue weighted by atomic mass is 127. The third-order valence-corrected chi connectivity index (χ3v) is 2.92. The van der Waals surface area contributed by atoms with Crippen molar-refractivity contribution in [3.8, 4) is 11.3 Å². The van der Waals surface area contributed by atoms with Gasteiger partial charge in [0.25, 0.3) is 0 Å². The maximum atomic E-state index is 5.94. The van der Waals surface area contributed by atoms with E-state index in [0.717, 1.165) is 20.5 Å². The van der Waals surface area contributed by atoms with Gasteiger partial charge in [-0.05, 0) is 28.7 Å². The maximum absolute atomic E-state index is 5.94. The summed E-state index contributed by atoms with van der Waals surface area (Å²) in [7, 11) is 0. The van der Waals surface area contributed by atoms with Crippen molar-refractivity contribution < 1.29 is 0 Å². The van der Waals surface area contributed by atoms with Crippen LogP contribution in [0.4, 0.5) is 5.69 Å². The largest absolute Gasteiger partial charge is 0.396 e. The number of halogens is 1. The topological polar surface area (TPSA) is 38.9 Å². The first-order chi connectivity index (χ1) is 6.79. The zero-order chi connectivity index (χ0) is 9.97. The molecular formula is C11H9IN2. The number of nitrogens with zero attached hydrogens (tertiary/aromatic N) is 1. The number of hydrogen-bond acceptors (Lipinski definition) is 2. The van der Waals surface area contributed by atoms with Crippen LogP contribution in [-0.2, 0) is 0 Å². The van der Waals surface area contributed by atoms with Crippen molar-refractivity contribution in [1.29, 1.82) is 0 Å². The number of anilines is 1. The van der Waals surface area contributed by atoms with E-state index < -0.39 is 0 Å². The van der Waals surface area contributed by atoms with Crippen LogP contribution in [0.5, 0.6) is 0 Å². The minimum atomic E-state index is 0.749. The van der Waals surface area contributed by atoms with Gasteiger partial charge in [-0.2, -0.15) is 0 Å². The number of aromatic nitrogens is 1. The lowest BCUT2D eigenvalue weighted by Gasteiger charge is -2.05. The molecule has 1 aromatic heterocycles. The second-order valence-corrected chi connectivity index (χ2v) is 4.08. The van der Waals surface area contributed by atoms with Crippen molar-refractivity contribution >= 4 is 28.3 Å². The first-order valence-electron chi connectivity index (χ1n) is 4.24. The molecule has 0 amide bonds. The van der Waals surface area contributed by atoms with Crippen molar-refractivity contribution in [2.75, 3.05) is 5.73 Å². The van der Waals surface area contributed by atoms with Crippen LogP contribution in [0.1, 0.15) is 0 Å². The van der Waals surface area contributed by atoms with Gasteiger partial charge in [0.2, 0.25) is 0 Å². The van der Waals surface area contributed by atoms with Gasteiger partial charge in [0.15, 0.2) is 0 Å². The molecule has 0 radical (unpaired) electrons. The van der Waals surface area contributed by atoms with E-state index in [9.17, 15) is 0 Å². The van der Waals surface area contributed by atoms with E-state index in [-0.39, 0.29) is 0 Å². The summed E-state index contributed by atoms with van der Waals surface area (Å²) >= 11 is 2.21. The Balaban J connectivity index is 2.58. The van der Waals surface area contributed by atoms with Gasteiger partial charge in [0.05, 0.1) is 11.4 Å². The number of rotatable bonds is 1. The molecule has 0 spiro atoms. The Hall–Kier alpha value is -1.10. The maximum Gasteiger partial charge on any atom is 0.0942 e. The average molecular weight is 296 g/mol. The minimum absolute atomic E-state index is 0.749. The van der Waals surface area contributed by atoms with E-state index in [1.807, 2.05) is 36.4 Å². The third kappa shape index (κ3) is 1.72. The molecule has 0 unspecified atom stereocenters. The summed E-state index contributed by atoms with van der Waals surface area (Å²) in [5, 5.41) is 0. The first kappa shape index (κ1) is 9.45. The molecule has 70 valence electrons. The summed E-state index contributed by atoms with van der Waals surface area (Å²) in [5.74, 6) is 0. The Morgan fingerprint density at radius 2 is 1.79 bits per heavy atom. The fourth-order valence-corrected chi connectivity index (χ4v) is 1.69. The highest BCUT2D eigenvalue weighted by Gasteiger charge is 2.05. The molecule has 2 N–H and O–H groups in total. The van der Waals surface area contributed by atoms with E-state index in [1.54, 1.807) is 6.20 Å². The Bertz CT molecular complexity index is 440. The van der Waals surface area contributed by atoms with Gasteiger partial charge in [0, 0.05) is 15.3 Å². The highest BCUT2D eigenvalue weighted by Crippen LogP contribution is 2.26. The van der Waals surface area contributed by atoms with E-state index in [2.05, 4.69) is 27.6 Å². The summed E-state index contributed by atoms with van der Waals surface area (Å²) in [6, 6.07) is 11.9. The number of nitrogen functional groups attached to an aromatic ring is 1. The van der Waals surface area contributed by atoms with Crippen LogP contribution < -0.4 is 5.73 Å². The Morgan fingerprint density at radius 3 is 2.50 bits per heavy atom. The summed E-state index contributed by atoms with van der Waals surface area (Å²) in [6.45, 7) is 0. The van der Waals surface area contributed by atoms with Gasteiger partial charge in [0.1, 0.15) is 0 Å². The molecule has 0 fully saturated rings. The molecule has 0 aliphatic rings. The van der Waals surface area contributed by atoms with Gasteiger partial charge < -0.3 is 5.73 Å². The number of nitrogens with two attached hydrogens (primary N) is 1. The Labute approximate surface area is 96.3 Å². The molecule has 2 nitrogen and oxygen atoms in total. The summed E-state index contributed by atoms with van der Waals surface area (Å²) in [4.78, 5) is 4.28. The molecule has 14 heavy (non-hydrogen) atoms. The molecule has 2 aromatic rings. The molecule has 0 bridgehead atoms. The lowest BCUT2D eigenvalue weighted by molar-refractivity contribution is 1.32. The molecule has 1 heterocycles. The molecular weight excluding hydrogens is 287 g/mol. The van der Waals surface area contributed by atoms with Crippen LogP contribution in [0.2, 0.25) is 0 Å². The normalized spacial score (nSPS) is 10.1. The fourth-order valence-electron chi connectivity index (χ4n) is 1.28. The number of benzene rings is 1. The fraction of sp³-hybridized carbons (Fsp3) is 0. The Morgan fingerprint density at radius 1 is 1.07 bits per heavy atom. The molecule has 0 aliphatic heterocycles. The van der Waals surface area contributed by atoms with Gasteiger partial charge >= 0.3 is 0 Å². The van der Waals surface area contributed by atoms with Crippen LogP contribution >= 0.6 is 22.6 Å². The monoisotopic (exact) mass is 296 g/mol. The van der Waals surface area contributed by atoms with Gasteiger partial charge in [-0.1, -0.05) is 30.3 Å². The zero-order valence-corrected chi connectivity index (χ0v) is 9.60. The van der Waals surface area contributed by atoms with Gasteiger partial charge in [-0.15, -0.1) is 0 Å². The third-order valence-electron chi connectivity index (χ3n) is 1.98. The second kappa shape index (κ2) is 3.96. The molecule has 1 aromatic carbocycles. The van der Waals surface area contributed by atoms with Crippen molar-refractivity contribution in [2.24, 2.45) is 0 Å². The molecule has 0 saturated carbocycles. The van der Waals surface area contributed by atoms with Crippen molar-refractivity contribution in [3.63, 3.8) is 0 Å². The predicted octanol–water partition coefficient (Wildman–Crippen LogP) is 2.94. The second-order valence-electron chi connectivity index (χ2n) is 2.92. The number of pyridine rings is 1. The summed E-state index contributed by atoms with van der Waals surface area (Å²) in [6.07, 6.45) is 1.78. The van der Waals surface area contributed by atoms with E-state index >= 15 is 0 Å². The Kier molecular flexibility index (Phi) is 2.67. The number of hydrogen-bond donors (Lipinski definition) is 1. The lowest BCUT2D eigenvalue weighted by Crippen LogP contribution is -1.95. The smallest absolute Gasteiger partial charge is 0.0942 e. The van der Waals surface area contributed by atoms with Gasteiger partial charge in [-0.25, -0.2) is 0 Å². The van der Waals surface area contributed by atoms with Crippen molar-refractivity contribution in [3.05, 3.63) is 46.2 Å². The zero-order valence-electron chi connectivity index (χ0n) is 7.44. The highest BCUT2D eigenvalue weighted by molar-refractivity contribution is 14.1. The summed E-state index contributed by atoms with van der Waals surface area (Å²) < 4.78 is 1.04. The van der Waals surface area contributed by atoms with Crippen LogP contribution in [0, 0.1) is 3.57 Å². The molecule has 2 rings (SSSR count). The summed E-state index contributed by atoms with van der Waals surface area (Å²) in [5.41, 5.74) is 8.61. The van der Waals surface area contributed by atoms with Crippen LogP contribution in [0.25, 0.3) is 11.3 Å². The molecule has 0 saturated heterocycles. The van der Waals surface area contributed by atoms with Gasteiger partial charge in [-0.3, -0.25) is 4.98 Å². The molecule has 0 aliphatic carbocycles. The SMILES string of the molecule is Nc1c(I)ccnc1-c1ccccc1. The first-order valence-corrected chi connectivity index (χ1v) is 5.32. The predicted molar refractivity (Wildman–Crippen MR) is 66.8 cm³/mol. The lowest BCUT2D eigenvalue weighted by atomic mass is 10.1. The quantitative estimate of drug-likeness (QED) is 0.822. The van der Waals surface area contributed by atoms with E-state index in [1.165, 1.54) is 0 Å². The molecule has 0 atom stereocenters. The van der Waals surface area contributed by atoms with E-state index in [4.69, 9.17) is 5.73 Å². The van der Waals surface area contributed by atoms with E-state index in [0.29, 0.717) is 0 Å². The van der Waals surface area contributed by atoms with Crippen LogP contribution in [0.3, 0.4) is 0 Å². The standard InChI is InChI=1S/C11H9IN2/c12-9-6-7-14-11(10(9)13)8-4-2-1-3-5-8/h1-7H,13H2. The van der Waals surface area contributed by atoms with Crippen LogP contribution in [-0.4, -0.2) is 4.98 Å². The molecule has 3 heteroatoms. The van der Waals surface area contributed by atoms with Crippen molar-refractivity contribution in [2.45, 2.75) is 0 Å². The average Bonchev–Trinajstić information content (AvgIpc) is 2.23. The minimum Gasteiger partial charge on any atom is -0.396 e.